The fourth-order valence-electron chi connectivity index (χ4n) is 2.55. The molecule has 2 rings (SSSR count). The lowest BCUT2D eigenvalue weighted by atomic mass is 10.00. The molecule has 1 aromatic carbocycles. The van der Waals surface area contributed by atoms with Crippen molar-refractivity contribution in [1.29, 1.82) is 0 Å². The quantitative estimate of drug-likeness (QED) is 0.763. The number of hydrogen-bond donors (Lipinski definition) is 0. The lowest BCUT2D eigenvalue weighted by Crippen LogP contribution is -2.38. The van der Waals surface area contributed by atoms with Gasteiger partial charge in [0.2, 0.25) is 0 Å². The van der Waals surface area contributed by atoms with Crippen LogP contribution >= 0.6 is 0 Å². The smallest absolute Gasteiger partial charge is 0.124 e. The van der Waals surface area contributed by atoms with Crippen molar-refractivity contribution in [2.45, 2.75) is 26.7 Å². The highest BCUT2D eigenvalue weighted by atomic mass is 16.5. The van der Waals surface area contributed by atoms with Gasteiger partial charge in [0, 0.05) is 19.0 Å². The molecule has 3 heteroatoms. The van der Waals surface area contributed by atoms with Gasteiger partial charge in [0.15, 0.2) is 0 Å². The first-order valence-electron chi connectivity index (χ1n) is 7.07. The molecule has 0 bridgehead atoms. The summed E-state index contributed by atoms with van der Waals surface area (Å²) in [5.74, 6) is 1.19. The van der Waals surface area contributed by atoms with Crippen LogP contribution in [0.2, 0.25) is 0 Å². The van der Waals surface area contributed by atoms with E-state index in [0.29, 0.717) is 6.61 Å². The van der Waals surface area contributed by atoms with E-state index in [1.54, 1.807) is 0 Å². The third-order valence-corrected chi connectivity index (χ3v) is 3.74. The number of nitrogens with zero attached hydrogens (tertiary/aromatic N) is 1. The molecule has 1 heterocycles. The molecule has 0 spiro atoms. The summed E-state index contributed by atoms with van der Waals surface area (Å²) in [6.07, 6.45) is 3.25. The molecule has 3 nitrogen and oxygen atoms in total. The lowest BCUT2D eigenvalue weighted by Gasteiger charge is -2.29. The van der Waals surface area contributed by atoms with Crippen molar-refractivity contribution in [2.24, 2.45) is 5.92 Å². The average Bonchev–Trinajstić information content (AvgIpc) is 2.43. The first kappa shape index (κ1) is 14.1. The van der Waals surface area contributed by atoms with Gasteiger partial charge in [0.1, 0.15) is 18.6 Å². The minimum absolute atomic E-state index is 0.217. The predicted octanol–water partition coefficient (Wildman–Crippen LogP) is 2.59. The highest BCUT2D eigenvalue weighted by Gasteiger charge is 2.18. The van der Waals surface area contributed by atoms with E-state index in [2.05, 4.69) is 36.9 Å². The van der Waals surface area contributed by atoms with Crippen LogP contribution in [-0.4, -0.2) is 37.4 Å². The minimum Gasteiger partial charge on any atom is -0.492 e. The lowest BCUT2D eigenvalue weighted by molar-refractivity contribution is -0.112. The van der Waals surface area contributed by atoms with E-state index in [9.17, 15) is 4.79 Å². The van der Waals surface area contributed by atoms with Crippen molar-refractivity contribution in [1.82, 2.24) is 4.90 Å². The van der Waals surface area contributed by atoms with Crippen LogP contribution in [0.5, 0.6) is 5.75 Å². The highest BCUT2D eigenvalue weighted by Crippen LogP contribution is 2.19. The summed E-state index contributed by atoms with van der Waals surface area (Å²) in [5, 5.41) is 0. The number of aryl methyl sites for hydroxylation is 2. The number of piperidine rings is 1. The number of ether oxygens (including phenoxy) is 1. The van der Waals surface area contributed by atoms with Gasteiger partial charge in [-0.1, -0.05) is 12.1 Å². The van der Waals surface area contributed by atoms with Crippen molar-refractivity contribution < 1.29 is 9.53 Å². The summed E-state index contributed by atoms with van der Waals surface area (Å²) in [6.45, 7) is 7.71. The summed E-state index contributed by atoms with van der Waals surface area (Å²) < 4.78 is 5.86. The predicted molar refractivity (Wildman–Crippen MR) is 76.6 cm³/mol. The number of carbonyl (C=O) groups excluding carboxylic acids is 1. The van der Waals surface area contributed by atoms with Gasteiger partial charge in [-0.25, -0.2) is 0 Å². The van der Waals surface area contributed by atoms with Gasteiger partial charge in [0.25, 0.3) is 0 Å². The SMILES string of the molecule is Cc1ccc(C)c(OCCN2CCCC(C=O)C2)c1. The Morgan fingerprint density at radius 2 is 2.26 bits per heavy atom. The van der Waals surface area contributed by atoms with Crippen molar-refractivity contribution in [3.63, 3.8) is 0 Å². The third kappa shape index (κ3) is 4.06. The van der Waals surface area contributed by atoms with Crippen LogP contribution in [0.25, 0.3) is 0 Å². The molecular weight excluding hydrogens is 238 g/mol. The molecular formula is C16H23NO2. The number of likely N-dealkylation sites (tertiary alicyclic amines) is 1. The molecule has 0 saturated carbocycles. The molecule has 1 aliphatic rings. The third-order valence-electron chi connectivity index (χ3n) is 3.74. The molecule has 1 aromatic rings. The Morgan fingerprint density at radius 1 is 1.42 bits per heavy atom. The maximum Gasteiger partial charge on any atom is 0.124 e. The average molecular weight is 261 g/mol. The zero-order chi connectivity index (χ0) is 13.7. The Morgan fingerprint density at radius 3 is 3.05 bits per heavy atom. The van der Waals surface area contributed by atoms with E-state index in [1.165, 1.54) is 11.1 Å². The van der Waals surface area contributed by atoms with Crippen molar-refractivity contribution >= 4 is 6.29 Å². The second kappa shape index (κ2) is 6.71. The summed E-state index contributed by atoms with van der Waals surface area (Å²) in [5.41, 5.74) is 2.40. The van der Waals surface area contributed by atoms with Crippen LogP contribution in [-0.2, 0) is 4.79 Å². The molecule has 1 fully saturated rings. The Bertz CT molecular complexity index is 431. The zero-order valence-corrected chi connectivity index (χ0v) is 11.9. The summed E-state index contributed by atoms with van der Waals surface area (Å²) in [6, 6.07) is 6.27. The van der Waals surface area contributed by atoms with E-state index in [1.807, 2.05) is 0 Å². The minimum atomic E-state index is 0.217. The molecule has 0 radical (unpaired) electrons. The number of carbonyl (C=O) groups is 1. The highest BCUT2D eigenvalue weighted by molar-refractivity contribution is 5.53. The first-order valence-corrected chi connectivity index (χ1v) is 7.07. The van der Waals surface area contributed by atoms with Gasteiger partial charge in [-0.2, -0.15) is 0 Å². The standard InChI is InChI=1S/C16H23NO2/c1-13-5-6-14(2)16(10-13)19-9-8-17-7-3-4-15(11-17)12-18/h5-6,10,12,15H,3-4,7-9,11H2,1-2H3. The summed E-state index contributed by atoms with van der Waals surface area (Å²) >= 11 is 0. The van der Waals surface area contributed by atoms with Crippen LogP contribution in [0, 0.1) is 19.8 Å². The molecule has 0 aromatic heterocycles. The van der Waals surface area contributed by atoms with Crippen LogP contribution in [0.4, 0.5) is 0 Å². The Balaban J connectivity index is 1.79. The number of benzene rings is 1. The number of aldehydes is 1. The van der Waals surface area contributed by atoms with E-state index in [0.717, 1.165) is 44.5 Å². The zero-order valence-electron chi connectivity index (χ0n) is 11.9. The van der Waals surface area contributed by atoms with E-state index in [4.69, 9.17) is 4.74 Å². The van der Waals surface area contributed by atoms with Crippen LogP contribution in [0.15, 0.2) is 18.2 Å². The largest absolute Gasteiger partial charge is 0.492 e. The topological polar surface area (TPSA) is 29.5 Å². The second-order valence-electron chi connectivity index (χ2n) is 5.46. The van der Waals surface area contributed by atoms with Gasteiger partial charge < -0.3 is 9.53 Å². The van der Waals surface area contributed by atoms with Crippen LogP contribution in [0.3, 0.4) is 0 Å². The van der Waals surface area contributed by atoms with Crippen LogP contribution < -0.4 is 4.74 Å². The van der Waals surface area contributed by atoms with Crippen molar-refractivity contribution in [2.75, 3.05) is 26.2 Å². The number of rotatable bonds is 5. The molecule has 1 atom stereocenters. The van der Waals surface area contributed by atoms with E-state index >= 15 is 0 Å². The van der Waals surface area contributed by atoms with Crippen molar-refractivity contribution in [3.8, 4) is 5.75 Å². The van der Waals surface area contributed by atoms with Crippen LogP contribution in [0.1, 0.15) is 24.0 Å². The normalized spacial score (nSPS) is 20.2. The summed E-state index contributed by atoms with van der Waals surface area (Å²) in [4.78, 5) is 13.2. The fraction of sp³-hybridized carbons (Fsp3) is 0.562. The molecule has 1 saturated heterocycles. The van der Waals surface area contributed by atoms with Gasteiger partial charge in [-0.05, 0) is 50.4 Å². The van der Waals surface area contributed by atoms with E-state index < -0.39 is 0 Å². The Labute approximate surface area is 115 Å². The van der Waals surface area contributed by atoms with Gasteiger partial charge in [-0.3, -0.25) is 4.90 Å². The maximum atomic E-state index is 10.8. The fourth-order valence-corrected chi connectivity index (χ4v) is 2.55. The number of hydrogen-bond acceptors (Lipinski definition) is 3. The molecule has 0 N–H and O–H groups in total. The molecule has 1 aliphatic heterocycles. The molecule has 104 valence electrons. The maximum absolute atomic E-state index is 10.8. The first-order chi connectivity index (χ1) is 9.19. The monoisotopic (exact) mass is 261 g/mol. The van der Waals surface area contributed by atoms with Gasteiger partial charge in [-0.15, -0.1) is 0 Å². The molecule has 19 heavy (non-hydrogen) atoms. The van der Waals surface area contributed by atoms with Gasteiger partial charge >= 0.3 is 0 Å². The molecule has 0 amide bonds. The molecule has 0 aliphatic carbocycles. The summed E-state index contributed by atoms with van der Waals surface area (Å²) in [7, 11) is 0. The Hall–Kier alpha value is -1.35. The van der Waals surface area contributed by atoms with E-state index in [-0.39, 0.29) is 5.92 Å². The second-order valence-corrected chi connectivity index (χ2v) is 5.46. The molecule has 1 unspecified atom stereocenters. The van der Waals surface area contributed by atoms with Crippen molar-refractivity contribution in [3.05, 3.63) is 29.3 Å². The Kier molecular flexibility index (Phi) is 4.97. The van der Waals surface area contributed by atoms with Gasteiger partial charge in [0.05, 0.1) is 0 Å².